The van der Waals surface area contributed by atoms with Gasteiger partial charge in [0.25, 0.3) is 0 Å². The SMILES string of the molecule is CCCCCCCCCCCCCN(CCCCCCCCCCCCC)C1([S-])SS1.[Mo]. The molecular weight excluding hydrogens is 530 g/mol. The molecule has 1 nitrogen and oxygen atoms in total. The number of unbranched alkanes of at least 4 members (excludes halogenated alkanes) is 20. The molecule has 0 bridgehead atoms. The molecule has 0 aromatic heterocycles. The molecule has 1 aliphatic heterocycles. The van der Waals surface area contributed by atoms with Crippen LogP contribution in [0.4, 0.5) is 0 Å². The summed E-state index contributed by atoms with van der Waals surface area (Å²) in [5, 5.41) is 0. The summed E-state index contributed by atoms with van der Waals surface area (Å²) in [6.07, 6.45) is 31.3. The third-order valence-electron chi connectivity index (χ3n) is 6.68. The molecule has 1 saturated heterocycles. The van der Waals surface area contributed by atoms with Crippen molar-refractivity contribution in [3.8, 4) is 0 Å². The maximum atomic E-state index is 5.83. The van der Waals surface area contributed by atoms with Gasteiger partial charge in [0.2, 0.25) is 0 Å². The van der Waals surface area contributed by atoms with Crippen molar-refractivity contribution >= 4 is 34.2 Å². The van der Waals surface area contributed by atoms with Crippen molar-refractivity contribution in [3.05, 3.63) is 0 Å². The molecular formula is C27H54MoNS3-. The van der Waals surface area contributed by atoms with Crippen LogP contribution in [0.2, 0.25) is 0 Å². The van der Waals surface area contributed by atoms with Crippen LogP contribution >= 0.6 is 21.6 Å². The van der Waals surface area contributed by atoms with Crippen molar-refractivity contribution in [2.24, 2.45) is 0 Å². The summed E-state index contributed by atoms with van der Waals surface area (Å²) in [5.74, 6) is 0. The van der Waals surface area contributed by atoms with E-state index in [0.717, 1.165) is 0 Å². The van der Waals surface area contributed by atoms with E-state index >= 15 is 0 Å². The topological polar surface area (TPSA) is 3.24 Å². The summed E-state index contributed by atoms with van der Waals surface area (Å²) >= 11 is 5.83. The number of hydrogen-bond donors (Lipinski definition) is 0. The molecule has 5 heteroatoms. The molecule has 0 atom stereocenters. The smallest absolute Gasteiger partial charge is 0.0156 e. The Balaban J connectivity index is 0.00000961. The molecule has 0 aliphatic carbocycles. The maximum absolute atomic E-state index is 5.83. The van der Waals surface area contributed by atoms with Crippen molar-refractivity contribution < 1.29 is 21.1 Å². The molecule has 1 heterocycles. The first-order chi connectivity index (χ1) is 15.2. The van der Waals surface area contributed by atoms with Gasteiger partial charge in [-0.2, -0.15) is 0 Å². The second kappa shape index (κ2) is 24.4. The summed E-state index contributed by atoms with van der Waals surface area (Å²) in [4.78, 5) is 2.61. The zero-order chi connectivity index (χ0) is 22.5. The molecule has 1 fully saturated rings. The van der Waals surface area contributed by atoms with Crippen molar-refractivity contribution in [3.63, 3.8) is 0 Å². The van der Waals surface area contributed by atoms with Crippen LogP contribution in [0.15, 0.2) is 0 Å². The van der Waals surface area contributed by atoms with Crippen LogP contribution in [0.1, 0.15) is 155 Å². The molecule has 0 radical (unpaired) electrons. The van der Waals surface area contributed by atoms with Crippen LogP contribution in [0.3, 0.4) is 0 Å². The van der Waals surface area contributed by atoms with Crippen LogP contribution in [0.5, 0.6) is 0 Å². The van der Waals surface area contributed by atoms with Gasteiger partial charge in [-0.25, -0.2) is 0 Å². The van der Waals surface area contributed by atoms with Crippen LogP contribution in [-0.2, 0) is 33.7 Å². The molecule has 0 N–H and O–H groups in total. The number of hydrogen-bond acceptors (Lipinski definition) is 4. The largest absolute Gasteiger partial charge is 0.747 e. The van der Waals surface area contributed by atoms with Crippen LogP contribution in [0.25, 0.3) is 0 Å². The van der Waals surface area contributed by atoms with Gasteiger partial charge in [-0.1, -0.05) is 164 Å². The monoisotopic (exact) mass is 586 g/mol. The van der Waals surface area contributed by atoms with Gasteiger partial charge in [0, 0.05) is 24.6 Å². The van der Waals surface area contributed by atoms with Gasteiger partial charge in [0.05, 0.1) is 0 Å². The molecule has 1 aliphatic rings. The third kappa shape index (κ3) is 19.9. The Bertz CT molecular complexity index is 354. The molecule has 32 heavy (non-hydrogen) atoms. The first-order valence-corrected chi connectivity index (χ1v) is 16.6. The van der Waals surface area contributed by atoms with E-state index in [1.165, 1.54) is 154 Å². The van der Waals surface area contributed by atoms with Gasteiger partial charge in [-0.3, -0.25) is 4.90 Å². The van der Waals surface area contributed by atoms with Crippen LogP contribution in [0, 0.1) is 0 Å². The van der Waals surface area contributed by atoms with E-state index in [-0.39, 0.29) is 24.6 Å². The summed E-state index contributed by atoms with van der Waals surface area (Å²) in [7, 11) is 3.80. The van der Waals surface area contributed by atoms with Gasteiger partial charge < -0.3 is 12.6 Å². The van der Waals surface area contributed by atoms with Gasteiger partial charge in [0.15, 0.2) is 0 Å². The molecule has 0 saturated carbocycles. The van der Waals surface area contributed by atoms with Crippen molar-refractivity contribution in [1.29, 1.82) is 0 Å². The number of rotatable bonds is 25. The van der Waals surface area contributed by atoms with Crippen molar-refractivity contribution in [1.82, 2.24) is 4.90 Å². The maximum Gasteiger partial charge on any atom is 0.0156 e. The van der Waals surface area contributed by atoms with Gasteiger partial charge >= 0.3 is 0 Å². The van der Waals surface area contributed by atoms with Crippen molar-refractivity contribution in [2.45, 2.75) is 159 Å². The van der Waals surface area contributed by atoms with E-state index in [0.29, 0.717) is 0 Å². The van der Waals surface area contributed by atoms with Gasteiger partial charge in [-0.15, -0.1) is 0 Å². The second-order valence-corrected chi connectivity index (χ2v) is 13.6. The van der Waals surface area contributed by atoms with Crippen LogP contribution in [-0.4, -0.2) is 21.5 Å². The Morgan fingerprint density at radius 1 is 0.469 bits per heavy atom. The average molecular weight is 585 g/mol. The fraction of sp³-hybridized carbons (Fsp3) is 1.00. The summed E-state index contributed by atoms with van der Waals surface area (Å²) in [6, 6.07) is 0. The fourth-order valence-electron chi connectivity index (χ4n) is 4.46. The Hall–Kier alpha value is 1.70. The molecule has 0 aromatic carbocycles. The minimum Gasteiger partial charge on any atom is -0.747 e. The molecule has 0 amide bonds. The molecule has 0 unspecified atom stereocenters. The van der Waals surface area contributed by atoms with E-state index in [1.807, 2.05) is 21.6 Å². The second-order valence-electron chi connectivity index (χ2n) is 9.75. The Labute approximate surface area is 230 Å². The Morgan fingerprint density at radius 3 is 0.969 bits per heavy atom. The number of nitrogens with zero attached hydrogens (tertiary/aromatic N) is 1. The zero-order valence-electron chi connectivity index (χ0n) is 21.6. The zero-order valence-corrected chi connectivity index (χ0v) is 26.0. The summed E-state index contributed by atoms with van der Waals surface area (Å²) in [5.41, 5.74) is 0. The Kier molecular flexibility index (Phi) is 25.7. The minimum atomic E-state index is -0.00300. The summed E-state index contributed by atoms with van der Waals surface area (Å²) in [6.45, 7) is 7.04. The minimum absolute atomic E-state index is 0. The fourth-order valence-corrected chi connectivity index (χ4v) is 6.44. The third-order valence-corrected chi connectivity index (χ3v) is 10.5. The van der Waals surface area contributed by atoms with E-state index in [9.17, 15) is 0 Å². The predicted molar refractivity (Wildman–Crippen MR) is 150 cm³/mol. The molecule has 0 spiro atoms. The van der Waals surface area contributed by atoms with E-state index in [4.69, 9.17) is 12.6 Å². The normalized spacial score (nSPS) is 14.6. The predicted octanol–water partition coefficient (Wildman–Crippen LogP) is 10.5. The molecule has 0 aromatic rings. The van der Waals surface area contributed by atoms with Gasteiger partial charge in [0.1, 0.15) is 0 Å². The molecule has 192 valence electrons. The quantitative estimate of drug-likeness (QED) is 0.0345. The first-order valence-electron chi connectivity index (χ1n) is 14.0. The van der Waals surface area contributed by atoms with Crippen LogP contribution < -0.4 is 0 Å². The van der Waals surface area contributed by atoms with E-state index < -0.39 is 0 Å². The molecule has 1 rings (SSSR count). The van der Waals surface area contributed by atoms with Gasteiger partial charge in [-0.05, 0) is 25.9 Å². The summed E-state index contributed by atoms with van der Waals surface area (Å²) < 4.78 is -0.00300. The average Bonchev–Trinajstić information content (AvgIpc) is 3.52. The van der Waals surface area contributed by atoms with Crippen molar-refractivity contribution in [2.75, 3.05) is 13.1 Å². The first kappa shape index (κ1) is 33.7. The standard InChI is InChI=1S/C27H55NS3.Mo/c1-3-5-7-9-11-13-15-17-19-21-23-25-28(27(29)30-31-27)26-24-22-20-18-16-14-12-10-8-6-4-2;/h29H,3-26H2,1-2H3;/p-1. The van der Waals surface area contributed by atoms with E-state index in [2.05, 4.69) is 18.7 Å². The van der Waals surface area contributed by atoms with E-state index in [1.54, 1.807) is 0 Å². The Morgan fingerprint density at radius 2 is 0.719 bits per heavy atom.